The molecule has 6 rings (SSSR count). The van der Waals surface area contributed by atoms with Gasteiger partial charge < -0.3 is 15.5 Å². The summed E-state index contributed by atoms with van der Waals surface area (Å²) in [7, 11) is 0. The van der Waals surface area contributed by atoms with Crippen LogP contribution in [0.3, 0.4) is 0 Å². The van der Waals surface area contributed by atoms with Gasteiger partial charge in [-0.3, -0.25) is 9.59 Å². The summed E-state index contributed by atoms with van der Waals surface area (Å²) in [5, 5.41) is 6.37. The Kier molecular flexibility index (Phi) is 5.65. The molecule has 2 heterocycles. The van der Waals surface area contributed by atoms with Crippen molar-refractivity contribution in [2.75, 3.05) is 25.0 Å². The van der Waals surface area contributed by atoms with Gasteiger partial charge in [-0.05, 0) is 94.1 Å². The zero-order valence-corrected chi connectivity index (χ0v) is 18.7. The highest BCUT2D eigenvalue weighted by atomic mass is 16.2. The maximum atomic E-state index is 13.7. The molecule has 1 atom stereocenters. The second kappa shape index (κ2) is 8.44. The van der Waals surface area contributed by atoms with Crippen LogP contribution >= 0.6 is 0 Å². The highest BCUT2D eigenvalue weighted by molar-refractivity contribution is 5.91. The molecule has 4 saturated carbocycles. The van der Waals surface area contributed by atoms with Crippen LogP contribution < -0.4 is 10.6 Å². The van der Waals surface area contributed by atoms with Crippen molar-refractivity contribution >= 4 is 17.6 Å². The molecule has 5 aliphatic rings. The van der Waals surface area contributed by atoms with Crippen LogP contribution in [0.4, 0.5) is 5.82 Å². The Morgan fingerprint density at radius 3 is 2.45 bits per heavy atom. The molecule has 4 aliphatic carbocycles. The molecular weight excluding hydrogens is 388 g/mol. The lowest BCUT2D eigenvalue weighted by atomic mass is 9.49. The summed E-state index contributed by atoms with van der Waals surface area (Å²) in [6.45, 7) is 4.15. The smallest absolute Gasteiger partial charge is 0.242 e. The molecule has 6 heteroatoms. The minimum absolute atomic E-state index is 0.0315. The summed E-state index contributed by atoms with van der Waals surface area (Å²) in [6, 6.07) is 3.74. The van der Waals surface area contributed by atoms with Crippen LogP contribution in [0.15, 0.2) is 18.3 Å². The summed E-state index contributed by atoms with van der Waals surface area (Å²) in [4.78, 5) is 32.9. The SMILES string of the molecule is Cc1ccc(NCCCNC(=O)[C@@H]2CCCN2C(=O)C23CC4CC(CC(C4)C2)C3)nc1. The van der Waals surface area contributed by atoms with Crippen LogP contribution in [0, 0.1) is 30.1 Å². The van der Waals surface area contributed by atoms with Gasteiger partial charge in [0.25, 0.3) is 0 Å². The van der Waals surface area contributed by atoms with E-state index in [2.05, 4.69) is 15.6 Å². The molecular formula is C25H36N4O2. The number of nitrogens with one attached hydrogen (secondary N) is 2. The number of anilines is 1. The van der Waals surface area contributed by atoms with Gasteiger partial charge in [0.05, 0.1) is 5.41 Å². The van der Waals surface area contributed by atoms with E-state index < -0.39 is 0 Å². The Bertz CT molecular complexity index is 786. The molecule has 0 spiro atoms. The lowest BCUT2D eigenvalue weighted by Gasteiger charge is -2.56. The van der Waals surface area contributed by atoms with Crippen molar-refractivity contribution in [1.29, 1.82) is 0 Å². The topological polar surface area (TPSA) is 74.3 Å². The lowest BCUT2D eigenvalue weighted by molar-refractivity contribution is -0.160. The number of aromatic nitrogens is 1. The van der Waals surface area contributed by atoms with Crippen LogP contribution in [-0.4, -0.2) is 47.4 Å². The minimum Gasteiger partial charge on any atom is -0.370 e. The van der Waals surface area contributed by atoms with E-state index in [1.165, 1.54) is 19.3 Å². The number of nitrogens with zero attached hydrogens (tertiary/aromatic N) is 2. The van der Waals surface area contributed by atoms with Crippen molar-refractivity contribution in [1.82, 2.24) is 15.2 Å². The molecule has 0 radical (unpaired) electrons. The van der Waals surface area contributed by atoms with Crippen molar-refractivity contribution in [3.05, 3.63) is 23.9 Å². The van der Waals surface area contributed by atoms with E-state index in [0.29, 0.717) is 12.5 Å². The van der Waals surface area contributed by atoms with Crippen LogP contribution in [0.2, 0.25) is 0 Å². The van der Waals surface area contributed by atoms with E-state index in [4.69, 9.17) is 0 Å². The van der Waals surface area contributed by atoms with Gasteiger partial charge in [-0.25, -0.2) is 4.98 Å². The second-order valence-electron chi connectivity index (χ2n) is 10.6. The highest BCUT2D eigenvalue weighted by Gasteiger charge is 2.56. The zero-order valence-electron chi connectivity index (χ0n) is 18.7. The predicted octanol–water partition coefficient (Wildman–Crippen LogP) is 3.52. The summed E-state index contributed by atoms with van der Waals surface area (Å²) in [6.07, 6.45) is 11.6. The molecule has 1 saturated heterocycles. The molecule has 1 aliphatic heterocycles. The van der Waals surface area contributed by atoms with E-state index in [9.17, 15) is 9.59 Å². The molecule has 0 unspecified atom stereocenters. The molecule has 6 nitrogen and oxygen atoms in total. The first-order valence-corrected chi connectivity index (χ1v) is 12.3. The van der Waals surface area contributed by atoms with Crippen molar-refractivity contribution < 1.29 is 9.59 Å². The second-order valence-corrected chi connectivity index (χ2v) is 10.6. The van der Waals surface area contributed by atoms with Gasteiger partial charge in [0.2, 0.25) is 11.8 Å². The van der Waals surface area contributed by atoms with Gasteiger partial charge in [0.15, 0.2) is 0 Å². The normalized spacial score (nSPS) is 33.5. The predicted molar refractivity (Wildman–Crippen MR) is 120 cm³/mol. The maximum absolute atomic E-state index is 13.7. The summed E-state index contributed by atoms with van der Waals surface area (Å²) in [5.74, 6) is 3.45. The van der Waals surface area contributed by atoms with E-state index in [-0.39, 0.29) is 17.4 Å². The quantitative estimate of drug-likeness (QED) is 0.657. The Hall–Kier alpha value is -2.11. The third kappa shape index (κ3) is 4.18. The van der Waals surface area contributed by atoms with E-state index in [1.54, 1.807) is 0 Å². The standard InChI is InChI=1S/C25H36N4O2/c1-17-5-6-22(28-16-17)26-7-3-8-27-23(30)21-4-2-9-29(21)24(31)25-13-18-10-19(14-25)12-20(11-18)15-25/h5-6,16,18-21H,2-4,7-15H2,1H3,(H,26,28)(H,27,30)/t18?,19?,20?,21-,25?/m0/s1. The van der Waals surface area contributed by atoms with Crippen molar-refractivity contribution in [3.63, 3.8) is 0 Å². The summed E-state index contributed by atoms with van der Waals surface area (Å²) in [5.41, 5.74) is 0.991. The van der Waals surface area contributed by atoms with E-state index in [1.807, 2.05) is 30.2 Å². The third-order valence-corrected chi connectivity index (χ3v) is 8.18. The Morgan fingerprint density at radius 2 is 1.81 bits per heavy atom. The fourth-order valence-corrected chi connectivity index (χ4v) is 7.17. The molecule has 31 heavy (non-hydrogen) atoms. The number of amides is 2. The number of likely N-dealkylation sites (tertiary alicyclic amines) is 1. The number of hydrogen-bond acceptors (Lipinski definition) is 4. The Morgan fingerprint density at radius 1 is 1.10 bits per heavy atom. The zero-order chi connectivity index (χ0) is 21.4. The maximum Gasteiger partial charge on any atom is 0.242 e. The van der Waals surface area contributed by atoms with Gasteiger partial charge in [-0.15, -0.1) is 0 Å². The molecule has 5 fully saturated rings. The highest BCUT2D eigenvalue weighted by Crippen LogP contribution is 2.60. The number of aryl methyl sites for hydroxylation is 1. The van der Waals surface area contributed by atoms with Crippen molar-refractivity contribution in [2.45, 2.75) is 70.8 Å². The summed E-state index contributed by atoms with van der Waals surface area (Å²) >= 11 is 0. The Balaban J connectivity index is 1.12. The molecule has 4 bridgehead atoms. The van der Waals surface area contributed by atoms with Crippen molar-refractivity contribution in [2.24, 2.45) is 23.2 Å². The first-order valence-electron chi connectivity index (χ1n) is 12.3. The average Bonchev–Trinajstić information content (AvgIpc) is 3.23. The molecule has 1 aromatic heterocycles. The van der Waals surface area contributed by atoms with Crippen molar-refractivity contribution in [3.8, 4) is 0 Å². The number of rotatable bonds is 7. The van der Waals surface area contributed by atoms with Crippen LogP contribution in [0.5, 0.6) is 0 Å². The largest absolute Gasteiger partial charge is 0.370 e. The number of carbonyl (C=O) groups is 2. The molecule has 168 valence electrons. The number of carbonyl (C=O) groups excluding carboxylic acids is 2. The monoisotopic (exact) mass is 424 g/mol. The fourth-order valence-electron chi connectivity index (χ4n) is 7.17. The van der Waals surface area contributed by atoms with Gasteiger partial charge in [0.1, 0.15) is 11.9 Å². The number of pyridine rings is 1. The lowest BCUT2D eigenvalue weighted by Crippen LogP contribution is -2.57. The van der Waals surface area contributed by atoms with Crippen LogP contribution in [-0.2, 0) is 9.59 Å². The molecule has 2 N–H and O–H groups in total. The fraction of sp³-hybridized carbons (Fsp3) is 0.720. The van der Waals surface area contributed by atoms with Gasteiger partial charge in [-0.2, -0.15) is 0 Å². The van der Waals surface area contributed by atoms with Gasteiger partial charge in [-0.1, -0.05) is 6.07 Å². The minimum atomic E-state index is -0.271. The van der Waals surface area contributed by atoms with Crippen LogP contribution in [0.1, 0.15) is 63.4 Å². The first kappa shape index (κ1) is 20.8. The molecule has 2 amide bonds. The van der Waals surface area contributed by atoms with Gasteiger partial charge >= 0.3 is 0 Å². The Labute approximate surface area is 185 Å². The van der Waals surface area contributed by atoms with Crippen LogP contribution in [0.25, 0.3) is 0 Å². The number of hydrogen-bond donors (Lipinski definition) is 2. The van der Waals surface area contributed by atoms with E-state index in [0.717, 1.165) is 80.7 Å². The average molecular weight is 425 g/mol. The molecule has 1 aromatic rings. The van der Waals surface area contributed by atoms with Gasteiger partial charge in [0, 0.05) is 25.8 Å². The third-order valence-electron chi connectivity index (χ3n) is 8.18. The molecule has 0 aromatic carbocycles. The summed E-state index contributed by atoms with van der Waals surface area (Å²) < 4.78 is 0. The van der Waals surface area contributed by atoms with E-state index >= 15 is 0 Å². The first-order chi connectivity index (χ1) is 15.0.